The van der Waals surface area contributed by atoms with Gasteiger partial charge in [-0.1, -0.05) is 6.07 Å². The summed E-state index contributed by atoms with van der Waals surface area (Å²) in [5, 5.41) is 12.0. The van der Waals surface area contributed by atoms with Gasteiger partial charge in [0.05, 0.1) is 5.56 Å². The first-order chi connectivity index (χ1) is 9.47. The molecule has 0 saturated heterocycles. The van der Waals surface area contributed by atoms with E-state index in [1.165, 1.54) is 0 Å². The van der Waals surface area contributed by atoms with Crippen LogP contribution in [0.1, 0.15) is 23.2 Å². The number of methoxy groups -OCH3 is 1. The standard InChI is InChI=1S/C13H17BrN2O4/c1-20-7-3-6-10(13(18)19)16-9-5-2-4-8(14)11(9)12(15)17/h2,4-5,10,16H,3,6-7H2,1H3,(H2,15,17)(H,18,19). The van der Waals surface area contributed by atoms with Crippen LogP contribution < -0.4 is 11.1 Å². The lowest BCUT2D eigenvalue weighted by molar-refractivity contribution is -0.138. The summed E-state index contributed by atoms with van der Waals surface area (Å²) in [6.07, 6.45) is 0.980. The van der Waals surface area contributed by atoms with Gasteiger partial charge in [-0.2, -0.15) is 0 Å². The molecule has 0 saturated carbocycles. The minimum Gasteiger partial charge on any atom is -0.480 e. The van der Waals surface area contributed by atoms with Gasteiger partial charge < -0.3 is 20.9 Å². The summed E-state index contributed by atoms with van der Waals surface area (Å²) in [4.78, 5) is 22.7. The fourth-order valence-electron chi connectivity index (χ4n) is 1.77. The molecule has 1 aromatic carbocycles. The Hall–Kier alpha value is -1.60. The monoisotopic (exact) mass is 344 g/mol. The van der Waals surface area contributed by atoms with E-state index in [2.05, 4.69) is 21.2 Å². The first-order valence-corrected chi connectivity index (χ1v) is 6.83. The molecule has 1 aromatic rings. The number of carboxylic acid groups (broad SMARTS) is 1. The Bertz CT molecular complexity index is 493. The lowest BCUT2D eigenvalue weighted by atomic mass is 10.1. The van der Waals surface area contributed by atoms with Crippen LogP contribution in [0.15, 0.2) is 22.7 Å². The first-order valence-electron chi connectivity index (χ1n) is 6.04. The van der Waals surface area contributed by atoms with E-state index < -0.39 is 17.9 Å². The van der Waals surface area contributed by atoms with Crippen LogP contribution in [0.4, 0.5) is 5.69 Å². The molecule has 0 heterocycles. The maximum absolute atomic E-state index is 11.4. The Morgan fingerprint density at radius 2 is 2.20 bits per heavy atom. The maximum atomic E-state index is 11.4. The van der Waals surface area contributed by atoms with Crippen LogP contribution in [-0.4, -0.2) is 36.7 Å². The molecule has 0 aliphatic heterocycles. The van der Waals surface area contributed by atoms with Crippen molar-refractivity contribution in [1.29, 1.82) is 0 Å². The fraction of sp³-hybridized carbons (Fsp3) is 0.385. The molecule has 0 fully saturated rings. The molecular weight excluding hydrogens is 328 g/mol. The van der Waals surface area contributed by atoms with Crippen LogP contribution in [0.3, 0.4) is 0 Å². The van der Waals surface area contributed by atoms with Crippen molar-refractivity contribution < 1.29 is 19.4 Å². The SMILES string of the molecule is COCCCC(Nc1cccc(Br)c1C(N)=O)C(=O)O. The second kappa shape index (κ2) is 7.86. The molecule has 0 bridgehead atoms. The summed E-state index contributed by atoms with van der Waals surface area (Å²) in [5.74, 6) is -1.61. The van der Waals surface area contributed by atoms with Crippen molar-refractivity contribution in [2.45, 2.75) is 18.9 Å². The molecule has 0 aliphatic rings. The van der Waals surface area contributed by atoms with Gasteiger partial charge in [-0.05, 0) is 40.9 Å². The molecule has 20 heavy (non-hydrogen) atoms. The van der Waals surface area contributed by atoms with E-state index in [1.54, 1.807) is 25.3 Å². The summed E-state index contributed by atoms with van der Waals surface area (Å²) < 4.78 is 5.43. The number of hydrogen-bond donors (Lipinski definition) is 3. The lowest BCUT2D eigenvalue weighted by Crippen LogP contribution is -2.30. The number of hydrogen-bond acceptors (Lipinski definition) is 4. The molecule has 0 aliphatic carbocycles. The van der Waals surface area contributed by atoms with Crippen LogP contribution in [0.25, 0.3) is 0 Å². The van der Waals surface area contributed by atoms with Gasteiger partial charge in [-0.25, -0.2) is 4.79 Å². The van der Waals surface area contributed by atoms with E-state index in [4.69, 9.17) is 10.5 Å². The summed E-state index contributed by atoms with van der Waals surface area (Å²) in [6, 6.07) is 4.19. The number of amides is 1. The number of carbonyl (C=O) groups excluding carboxylic acids is 1. The molecule has 0 radical (unpaired) electrons. The van der Waals surface area contributed by atoms with Gasteiger partial charge in [0.2, 0.25) is 0 Å². The van der Waals surface area contributed by atoms with Gasteiger partial charge in [-0.3, -0.25) is 4.79 Å². The van der Waals surface area contributed by atoms with Crippen molar-refractivity contribution in [2.24, 2.45) is 5.73 Å². The van der Waals surface area contributed by atoms with Gasteiger partial charge in [0.1, 0.15) is 6.04 Å². The molecule has 7 heteroatoms. The second-order valence-electron chi connectivity index (χ2n) is 4.20. The summed E-state index contributed by atoms with van der Waals surface area (Å²) in [6.45, 7) is 0.479. The molecule has 4 N–H and O–H groups in total. The van der Waals surface area contributed by atoms with Crippen molar-refractivity contribution in [3.05, 3.63) is 28.2 Å². The van der Waals surface area contributed by atoms with Gasteiger partial charge >= 0.3 is 5.97 Å². The Labute approximate surface area is 125 Å². The third kappa shape index (κ3) is 4.50. The number of benzene rings is 1. The molecule has 6 nitrogen and oxygen atoms in total. The number of aliphatic carboxylic acids is 1. The summed E-state index contributed by atoms with van der Waals surface area (Å²) >= 11 is 3.23. The number of carboxylic acids is 1. The Balaban J connectivity index is 2.91. The first kappa shape index (κ1) is 16.5. The van der Waals surface area contributed by atoms with E-state index in [0.717, 1.165) is 0 Å². The van der Waals surface area contributed by atoms with E-state index in [0.29, 0.717) is 29.6 Å². The predicted molar refractivity (Wildman–Crippen MR) is 78.8 cm³/mol. The second-order valence-corrected chi connectivity index (χ2v) is 5.05. The Morgan fingerprint density at radius 3 is 2.75 bits per heavy atom. The molecule has 110 valence electrons. The molecular formula is C13H17BrN2O4. The van der Waals surface area contributed by atoms with Crippen molar-refractivity contribution in [2.75, 3.05) is 19.0 Å². The molecule has 1 atom stereocenters. The van der Waals surface area contributed by atoms with Crippen molar-refractivity contribution in [1.82, 2.24) is 0 Å². The van der Waals surface area contributed by atoms with Crippen LogP contribution in [0.2, 0.25) is 0 Å². The molecule has 1 amide bonds. The zero-order chi connectivity index (χ0) is 15.1. The molecule has 1 unspecified atom stereocenters. The number of anilines is 1. The third-order valence-electron chi connectivity index (χ3n) is 2.73. The topological polar surface area (TPSA) is 102 Å². The van der Waals surface area contributed by atoms with E-state index in [9.17, 15) is 14.7 Å². The maximum Gasteiger partial charge on any atom is 0.326 e. The lowest BCUT2D eigenvalue weighted by Gasteiger charge is -2.18. The van der Waals surface area contributed by atoms with Gasteiger partial charge in [0, 0.05) is 23.9 Å². The number of nitrogens with one attached hydrogen (secondary N) is 1. The molecule has 1 rings (SSSR count). The van der Waals surface area contributed by atoms with Crippen molar-refractivity contribution >= 4 is 33.5 Å². The van der Waals surface area contributed by atoms with Gasteiger partial charge in [0.15, 0.2) is 0 Å². The number of halogens is 1. The highest BCUT2D eigenvalue weighted by Crippen LogP contribution is 2.25. The van der Waals surface area contributed by atoms with E-state index in [1.807, 2.05) is 0 Å². The number of nitrogens with two attached hydrogens (primary N) is 1. The number of carbonyl (C=O) groups is 2. The van der Waals surface area contributed by atoms with Crippen LogP contribution in [0.5, 0.6) is 0 Å². The van der Waals surface area contributed by atoms with E-state index in [-0.39, 0.29) is 5.56 Å². The fourth-order valence-corrected chi connectivity index (χ4v) is 2.33. The number of primary amides is 1. The third-order valence-corrected chi connectivity index (χ3v) is 3.39. The normalized spacial score (nSPS) is 11.9. The summed E-state index contributed by atoms with van der Waals surface area (Å²) in [7, 11) is 1.56. The minimum atomic E-state index is -0.989. The average molecular weight is 345 g/mol. The molecule has 0 aromatic heterocycles. The number of rotatable bonds is 8. The highest BCUT2D eigenvalue weighted by molar-refractivity contribution is 9.10. The zero-order valence-corrected chi connectivity index (χ0v) is 12.6. The van der Waals surface area contributed by atoms with Crippen LogP contribution in [0, 0.1) is 0 Å². The van der Waals surface area contributed by atoms with Crippen molar-refractivity contribution in [3.63, 3.8) is 0 Å². The van der Waals surface area contributed by atoms with E-state index >= 15 is 0 Å². The van der Waals surface area contributed by atoms with Gasteiger partial charge in [0.25, 0.3) is 5.91 Å². The quantitative estimate of drug-likeness (QED) is 0.624. The van der Waals surface area contributed by atoms with Crippen LogP contribution >= 0.6 is 15.9 Å². The summed E-state index contributed by atoms with van der Waals surface area (Å²) in [5.41, 5.74) is 5.95. The van der Waals surface area contributed by atoms with Crippen LogP contribution in [-0.2, 0) is 9.53 Å². The Morgan fingerprint density at radius 1 is 1.50 bits per heavy atom. The minimum absolute atomic E-state index is 0.241. The Kier molecular flexibility index (Phi) is 6.47. The van der Waals surface area contributed by atoms with Crippen molar-refractivity contribution in [3.8, 4) is 0 Å². The highest BCUT2D eigenvalue weighted by atomic mass is 79.9. The number of ether oxygens (including phenoxy) is 1. The zero-order valence-electron chi connectivity index (χ0n) is 11.1. The average Bonchev–Trinajstić information content (AvgIpc) is 2.37. The predicted octanol–water partition coefficient (Wildman–Crippen LogP) is 1.84. The van der Waals surface area contributed by atoms with Gasteiger partial charge in [-0.15, -0.1) is 0 Å². The molecule has 0 spiro atoms. The highest BCUT2D eigenvalue weighted by Gasteiger charge is 2.20. The largest absolute Gasteiger partial charge is 0.480 e. The smallest absolute Gasteiger partial charge is 0.326 e.